The monoisotopic (exact) mass is 228 g/mol. The zero-order valence-corrected chi connectivity index (χ0v) is 10.0. The van der Waals surface area contributed by atoms with E-state index in [2.05, 4.69) is 0 Å². The van der Waals surface area contributed by atoms with Crippen LogP contribution in [0.25, 0.3) is 0 Å². The van der Waals surface area contributed by atoms with Crippen LogP contribution in [0, 0.1) is 17.6 Å². The highest BCUT2D eigenvalue weighted by atomic mass is 19.1. The first-order valence-corrected chi connectivity index (χ1v) is 5.65. The highest BCUT2D eigenvalue weighted by Gasteiger charge is 2.12. The summed E-state index contributed by atoms with van der Waals surface area (Å²) in [5.74, 6) is -0.627. The van der Waals surface area contributed by atoms with Crippen molar-refractivity contribution in [3.63, 3.8) is 0 Å². The molecule has 1 aromatic carbocycles. The lowest BCUT2D eigenvalue weighted by Gasteiger charge is -2.13. The summed E-state index contributed by atoms with van der Waals surface area (Å²) in [5.41, 5.74) is 0.612. The van der Waals surface area contributed by atoms with Crippen LogP contribution >= 0.6 is 0 Å². The molecular weight excluding hydrogens is 210 g/mol. The van der Waals surface area contributed by atoms with Crippen molar-refractivity contribution in [3.05, 3.63) is 29.3 Å². The van der Waals surface area contributed by atoms with Crippen molar-refractivity contribution in [2.45, 2.75) is 33.6 Å². The molecule has 0 radical (unpaired) electrons. The summed E-state index contributed by atoms with van der Waals surface area (Å²) in [5, 5.41) is 0. The number of rotatable bonds is 5. The Morgan fingerprint density at radius 3 is 2.50 bits per heavy atom. The Bertz CT molecular complexity index is 348. The lowest BCUT2D eigenvalue weighted by Crippen LogP contribution is -2.08. The maximum Gasteiger partial charge on any atom is 0.168 e. The van der Waals surface area contributed by atoms with Crippen LogP contribution in [0.5, 0.6) is 5.75 Å². The van der Waals surface area contributed by atoms with Crippen LogP contribution in [0.2, 0.25) is 0 Å². The molecule has 16 heavy (non-hydrogen) atoms. The Morgan fingerprint density at radius 1 is 1.25 bits per heavy atom. The molecule has 0 amide bonds. The van der Waals surface area contributed by atoms with E-state index in [0.717, 1.165) is 12.5 Å². The first-order valence-electron chi connectivity index (χ1n) is 5.65. The van der Waals surface area contributed by atoms with Crippen molar-refractivity contribution in [3.8, 4) is 5.75 Å². The number of hydrogen-bond acceptors (Lipinski definition) is 1. The fourth-order valence-electron chi connectivity index (χ4n) is 1.48. The van der Waals surface area contributed by atoms with Gasteiger partial charge >= 0.3 is 0 Å². The third-order valence-corrected chi connectivity index (χ3v) is 2.17. The van der Waals surface area contributed by atoms with Gasteiger partial charge in [0.25, 0.3) is 0 Å². The molecule has 0 aliphatic rings. The minimum atomic E-state index is -0.607. The number of ether oxygens (including phenoxy) is 1. The van der Waals surface area contributed by atoms with Gasteiger partial charge in [0.15, 0.2) is 11.6 Å². The van der Waals surface area contributed by atoms with Crippen LogP contribution in [-0.2, 0) is 6.42 Å². The highest BCUT2D eigenvalue weighted by Crippen LogP contribution is 2.26. The summed E-state index contributed by atoms with van der Waals surface area (Å²) in [4.78, 5) is 0. The Balaban J connectivity index is 2.94. The zero-order chi connectivity index (χ0) is 12.1. The summed E-state index contributed by atoms with van der Waals surface area (Å²) in [6.07, 6.45) is 1.46. The minimum absolute atomic E-state index is 0.206. The van der Waals surface area contributed by atoms with E-state index in [1.165, 1.54) is 6.07 Å². The van der Waals surface area contributed by atoms with Gasteiger partial charge in [-0.25, -0.2) is 8.78 Å². The van der Waals surface area contributed by atoms with Gasteiger partial charge in [0.1, 0.15) is 5.82 Å². The standard InChI is InChI=1S/C13H18F2O/c1-4-5-10-6-11(14)7-12(15)13(10)16-8-9(2)3/h6-7,9H,4-5,8H2,1-3H3. The van der Waals surface area contributed by atoms with Gasteiger partial charge in [-0.1, -0.05) is 27.2 Å². The lowest BCUT2D eigenvalue weighted by molar-refractivity contribution is 0.256. The van der Waals surface area contributed by atoms with Gasteiger partial charge < -0.3 is 4.74 Å². The maximum atomic E-state index is 13.5. The van der Waals surface area contributed by atoms with E-state index in [1.54, 1.807) is 0 Å². The summed E-state index contributed by atoms with van der Waals surface area (Å²) in [6.45, 7) is 6.39. The number of hydrogen-bond donors (Lipinski definition) is 0. The Morgan fingerprint density at radius 2 is 1.94 bits per heavy atom. The Hall–Kier alpha value is -1.12. The SMILES string of the molecule is CCCc1cc(F)cc(F)c1OCC(C)C. The molecule has 0 aliphatic carbocycles. The van der Waals surface area contributed by atoms with Gasteiger partial charge in [-0.15, -0.1) is 0 Å². The molecule has 0 saturated carbocycles. The zero-order valence-electron chi connectivity index (χ0n) is 10.0. The molecule has 0 bridgehead atoms. The molecule has 0 fully saturated rings. The van der Waals surface area contributed by atoms with Gasteiger partial charge in [-0.2, -0.15) is 0 Å². The van der Waals surface area contributed by atoms with Gasteiger partial charge in [0.2, 0.25) is 0 Å². The van der Waals surface area contributed by atoms with Crippen LogP contribution in [0.1, 0.15) is 32.8 Å². The summed E-state index contributed by atoms with van der Waals surface area (Å²) in [7, 11) is 0. The van der Waals surface area contributed by atoms with Crippen LogP contribution < -0.4 is 4.74 Å². The fraction of sp³-hybridized carbons (Fsp3) is 0.538. The second-order valence-corrected chi connectivity index (χ2v) is 4.33. The topological polar surface area (TPSA) is 9.23 Å². The number of aryl methyl sites for hydroxylation is 1. The van der Waals surface area contributed by atoms with E-state index < -0.39 is 11.6 Å². The van der Waals surface area contributed by atoms with E-state index in [4.69, 9.17) is 4.74 Å². The van der Waals surface area contributed by atoms with Crippen LogP contribution in [0.3, 0.4) is 0 Å². The lowest BCUT2D eigenvalue weighted by atomic mass is 10.1. The molecule has 0 heterocycles. The molecule has 0 saturated heterocycles. The van der Waals surface area contributed by atoms with Crippen molar-refractivity contribution in [2.75, 3.05) is 6.61 Å². The van der Waals surface area contributed by atoms with Gasteiger partial charge in [-0.3, -0.25) is 0 Å². The summed E-state index contributed by atoms with van der Waals surface area (Å²) in [6, 6.07) is 2.22. The van der Waals surface area contributed by atoms with E-state index in [-0.39, 0.29) is 5.75 Å². The first-order chi connectivity index (χ1) is 7.54. The predicted octanol–water partition coefficient (Wildman–Crippen LogP) is 3.95. The second kappa shape index (κ2) is 5.83. The van der Waals surface area contributed by atoms with Crippen LogP contribution in [-0.4, -0.2) is 6.61 Å². The van der Waals surface area contributed by atoms with E-state index in [9.17, 15) is 8.78 Å². The van der Waals surface area contributed by atoms with Crippen molar-refractivity contribution in [1.82, 2.24) is 0 Å². The van der Waals surface area contributed by atoms with E-state index in [1.807, 2.05) is 20.8 Å². The molecule has 0 spiro atoms. The van der Waals surface area contributed by atoms with E-state index >= 15 is 0 Å². The predicted molar refractivity (Wildman–Crippen MR) is 60.7 cm³/mol. The summed E-state index contributed by atoms with van der Waals surface area (Å²) < 4.78 is 31.9. The van der Waals surface area contributed by atoms with E-state index in [0.29, 0.717) is 24.5 Å². The van der Waals surface area contributed by atoms with Crippen LogP contribution in [0.15, 0.2) is 12.1 Å². The molecule has 3 heteroatoms. The number of benzene rings is 1. The highest BCUT2D eigenvalue weighted by molar-refractivity contribution is 5.35. The largest absolute Gasteiger partial charge is 0.490 e. The normalized spacial score (nSPS) is 10.9. The van der Waals surface area contributed by atoms with Gasteiger partial charge in [0.05, 0.1) is 6.61 Å². The average molecular weight is 228 g/mol. The van der Waals surface area contributed by atoms with Gasteiger partial charge in [-0.05, 0) is 18.4 Å². The third kappa shape index (κ3) is 3.47. The third-order valence-electron chi connectivity index (χ3n) is 2.17. The smallest absolute Gasteiger partial charge is 0.168 e. The minimum Gasteiger partial charge on any atom is -0.490 e. The molecule has 0 aromatic heterocycles. The molecule has 1 nitrogen and oxygen atoms in total. The second-order valence-electron chi connectivity index (χ2n) is 4.33. The quantitative estimate of drug-likeness (QED) is 0.741. The van der Waals surface area contributed by atoms with Crippen molar-refractivity contribution in [2.24, 2.45) is 5.92 Å². The molecule has 1 rings (SSSR count). The molecular formula is C13H18F2O. The Kier molecular flexibility index (Phi) is 4.71. The van der Waals surface area contributed by atoms with Crippen molar-refractivity contribution in [1.29, 1.82) is 0 Å². The van der Waals surface area contributed by atoms with Crippen LogP contribution in [0.4, 0.5) is 8.78 Å². The molecule has 0 aliphatic heterocycles. The molecule has 0 atom stereocenters. The molecule has 90 valence electrons. The van der Waals surface area contributed by atoms with Crippen molar-refractivity contribution >= 4 is 0 Å². The maximum absolute atomic E-state index is 13.5. The molecule has 0 N–H and O–H groups in total. The average Bonchev–Trinajstić information content (AvgIpc) is 2.16. The Labute approximate surface area is 95.4 Å². The molecule has 1 aromatic rings. The number of halogens is 2. The first kappa shape index (κ1) is 12.9. The summed E-state index contributed by atoms with van der Waals surface area (Å²) >= 11 is 0. The van der Waals surface area contributed by atoms with Crippen molar-refractivity contribution < 1.29 is 13.5 Å². The fourth-order valence-corrected chi connectivity index (χ4v) is 1.48. The molecule has 0 unspecified atom stereocenters. The van der Waals surface area contributed by atoms with Gasteiger partial charge in [0, 0.05) is 11.6 Å².